The van der Waals surface area contributed by atoms with Crippen LogP contribution >= 0.6 is 11.3 Å². The molecule has 0 saturated heterocycles. The van der Waals surface area contributed by atoms with Crippen molar-refractivity contribution in [1.82, 2.24) is 0 Å². The second-order valence-corrected chi connectivity index (χ2v) is 9.49. The summed E-state index contributed by atoms with van der Waals surface area (Å²) in [6, 6.07) is 4.92. The van der Waals surface area contributed by atoms with Gasteiger partial charge in [-0.2, -0.15) is 0 Å². The highest BCUT2D eigenvalue weighted by Gasteiger charge is 2.27. The van der Waals surface area contributed by atoms with Crippen LogP contribution in [-0.2, 0) is 21.2 Å². The molecule has 2 aromatic rings. The first-order valence-corrected chi connectivity index (χ1v) is 10.9. The van der Waals surface area contributed by atoms with Crippen LogP contribution in [0, 0.1) is 13.8 Å². The van der Waals surface area contributed by atoms with Crippen molar-refractivity contribution in [3.05, 3.63) is 45.3 Å². The number of benzene rings is 1. The van der Waals surface area contributed by atoms with Gasteiger partial charge in [0.2, 0.25) is 10.0 Å². The van der Waals surface area contributed by atoms with Crippen LogP contribution in [0.1, 0.15) is 36.7 Å². The predicted octanol–water partition coefficient (Wildman–Crippen LogP) is 2.73. The number of rotatable bonds is 4. The van der Waals surface area contributed by atoms with E-state index in [1.807, 2.05) is 13.8 Å². The van der Waals surface area contributed by atoms with Crippen molar-refractivity contribution in [3.8, 4) is 0 Å². The first kappa shape index (κ1) is 19.4. The number of amides is 1. The molecular weight excluding hydrogens is 388 g/mol. The van der Waals surface area contributed by atoms with Gasteiger partial charge < -0.3 is 10.1 Å². The molecule has 0 fully saturated rings. The molecule has 1 N–H and O–H groups in total. The van der Waals surface area contributed by atoms with Crippen LogP contribution < -0.4 is 9.62 Å². The highest BCUT2D eigenvalue weighted by Crippen LogP contribution is 2.34. The zero-order valence-corrected chi connectivity index (χ0v) is 17.1. The lowest BCUT2D eigenvalue weighted by Crippen LogP contribution is -2.27. The Morgan fingerprint density at radius 2 is 1.96 bits per heavy atom. The largest absolute Gasteiger partial charge is 0.465 e. The number of carbonyl (C=O) groups is 2. The van der Waals surface area contributed by atoms with Crippen molar-refractivity contribution >= 4 is 43.9 Å². The quantitative estimate of drug-likeness (QED) is 0.785. The standard InChI is InChI=1S/C18H20N2O5S2/c1-10-11(2)26-17(15(10)18(22)25-3)19-16(21)13-5-6-14-12(9-13)7-8-20(14)27(4,23)24/h5-6,9H,7-8H2,1-4H3,(H,19,21). The SMILES string of the molecule is COC(=O)c1c(NC(=O)c2ccc3c(c2)CCN3S(C)(=O)=O)sc(C)c1C. The minimum Gasteiger partial charge on any atom is -0.465 e. The number of hydrogen-bond acceptors (Lipinski definition) is 6. The van der Waals surface area contributed by atoms with Crippen molar-refractivity contribution < 1.29 is 22.7 Å². The third kappa shape index (κ3) is 3.57. The third-order valence-electron chi connectivity index (χ3n) is 4.60. The summed E-state index contributed by atoms with van der Waals surface area (Å²) in [6.45, 7) is 4.05. The molecule has 2 heterocycles. The number of carbonyl (C=O) groups excluding carboxylic acids is 2. The second kappa shape index (κ2) is 6.97. The summed E-state index contributed by atoms with van der Waals surface area (Å²) in [4.78, 5) is 25.6. The van der Waals surface area contributed by atoms with E-state index in [4.69, 9.17) is 4.74 Å². The van der Waals surface area contributed by atoms with E-state index in [2.05, 4.69) is 5.32 Å². The number of ether oxygens (including phenoxy) is 1. The molecule has 1 aromatic carbocycles. The van der Waals surface area contributed by atoms with Gasteiger partial charge in [-0.05, 0) is 49.6 Å². The van der Waals surface area contributed by atoms with Crippen LogP contribution in [0.5, 0.6) is 0 Å². The summed E-state index contributed by atoms with van der Waals surface area (Å²) in [5, 5.41) is 3.23. The minimum atomic E-state index is -3.33. The van der Waals surface area contributed by atoms with Crippen LogP contribution in [0.3, 0.4) is 0 Å². The summed E-state index contributed by atoms with van der Waals surface area (Å²) < 4.78 is 29.8. The van der Waals surface area contributed by atoms with Crippen molar-refractivity contribution in [2.75, 3.05) is 29.5 Å². The van der Waals surface area contributed by atoms with Crippen LogP contribution in [-0.4, -0.2) is 40.2 Å². The van der Waals surface area contributed by atoms with Crippen LogP contribution in [0.2, 0.25) is 0 Å². The van der Waals surface area contributed by atoms with E-state index in [0.29, 0.717) is 34.8 Å². The highest BCUT2D eigenvalue weighted by atomic mass is 32.2. The van der Waals surface area contributed by atoms with Crippen molar-refractivity contribution in [2.24, 2.45) is 0 Å². The normalized spacial score (nSPS) is 13.4. The first-order valence-electron chi connectivity index (χ1n) is 8.23. The Hall–Kier alpha value is -2.39. The molecule has 0 radical (unpaired) electrons. The Morgan fingerprint density at radius 1 is 1.26 bits per heavy atom. The van der Waals surface area contributed by atoms with E-state index in [1.54, 1.807) is 18.2 Å². The predicted molar refractivity (Wildman–Crippen MR) is 105 cm³/mol. The molecule has 144 valence electrons. The molecule has 0 saturated carbocycles. The summed E-state index contributed by atoms with van der Waals surface area (Å²) in [6.07, 6.45) is 1.71. The number of aryl methyl sites for hydroxylation is 1. The monoisotopic (exact) mass is 408 g/mol. The summed E-state index contributed by atoms with van der Waals surface area (Å²) in [5.41, 5.74) is 2.95. The maximum Gasteiger partial charge on any atom is 0.341 e. The lowest BCUT2D eigenvalue weighted by Gasteiger charge is -2.16. The highest BCUT2D eigenvalue weighted by molar-refractivity contribution is 7.92. The summed E-state index contributed by atoms with van der Waals surface area (Å²) in [5.74, 6) is -0.855. The van der Waals surface area contributed by atoms with E-state index < -0.39 is 16.0 Å². The van der Waals surface area contributed by atoms with Gasteiger partial charge in [0.25, 0.3) is 5.91 Å². The molecule has 0 aliphatic carbocycles. The number of hydrogen-bond donors (Lipinski definition) is 1. The average molecular weight is 409 g/mol. The van der Waals surface area contributed by atoms with Crippen molar-refractivity contribution in [1.29, 1.82) is 0 Å². The molecule has 1 aromatic heterocycles. The van der Waals surface area contributed by atoms with E-state index >= 15 is 0 Å². The minimum absolute atomic E-state index is 0.359. The Labute approximate surface area is 162 Å². The Balaban J connectivity index is 1.89. The molecule has 9 heteroatoms. The first-order chi connectivity index (χ1) is 12.6. The van der Waals surface area contributed by atoms with Gasteiger partial charge in [-0.1, -0.05) is 0 Å². The third-order valence-corrected chi connectivity index (χ3v) is 6.90. The fraction of sp³-hybridized carbons (Fsp3) is 0.333. The molecule has 0 atom stereocenters. The van der Waals surface area contributed by atoms with Gasteiger partial charge >= 0.3 is 5.97 Å². The van der Waals surface area contributed by atoms with Crippen molar-refractivity contribution in [3.63, 3.8) is 0 Å². The zero-order valence-electron chi connectivity index (χ0n) is 15.5. The van der Waals surface area contributed by atoms with Crippen LogP contribution in [0.15, 0.2) is 18.2 Å². The lowest BCUT2D eigenvalue weighted by atomic mass is 10.1. The fourth-order valence-corrected chi connectivity index (χ4v) is 5.10. The Kier molecular flexibility index (Phi) is 5.00. The van der Waals surface area contributed by atoms with Crippen LogP contribution in [0.25, 0.3) is 0 Å². The molecule has 7 nitrogen and oxygen atoms in total. The molecule has 1 aliphatic rings. The number of sulfonamides is 1. The van der Waals surface area contributed by atoms with Gasteiger partial charge in [-0.25, -0.2) is 13.2 Å². The Morgan fingerprint density at radius 3 is 2.59 bits per heavy atom. The van der Waals surface area contributed by atoms with Crippen LogP contribution in [0.4, 0.5) is 10.7 Å². The molecule has 0 spiro atoms. The zero-order chi connectivity index (χ0) is 19.9. The number of methoxy groups -OCH3 is 1. The van der Waals surface area contributed by atoms with E-state index in [-0.39, 0.29) is 5.91 Å². The van der Waals surface area contributed by atoms with Gasteiger partial charge in [0.05, 0.1) is 24.6 Å². The molecule has 27 heavy (non-hydrogen) atoms. The number of fused-ring (bicyclic) bond motifs is 1. The molecule has 1 amide bonds. The second-order valence-electron chi connectivity index (χ2n) is 6.36. The van der Waals surface area contributed by atoms with E-state index in [0.717, 1.165) is 16.0 Å². The van der Waals surface area contributed by atoms with E-state index in [1.165, 1.54) is 29.0 Å². The van der Waals surface area contributed by atoms with Gasteiger partial charge in [-0.3, -0.25) is 9.10 Å². The lowest BCUT2D eigenvalue weighted by molar-refractivity contribution is 0.0601. The molecule has 0 unspecified atom stereocenters. The maximum atomic E-state index is 12.7. The number of anilines is 2. The smallest absolute Gasteiger partial charge is 0.341 e. The average Bonchev–Trinajstić information content (AvgIpc) is 3.15. The van der Waals surface area contributed by atoms with Gasteiger partial charge in [0.15, 0.2) is 0 Å². The number of nitrogens with one attached hydrogen (secondary N) is 1. The summed E-state index contributed by atoms with van der Waals surface area (Å²) in [7, 11) is -2.03. The fourth-order valence-electron chi connectivity index (χ4n) is 3.10. The molecule has 1 aliphatic heterocycles. The molecule has 0 bridgehead atoms. The van der Waals surface area contributed by atoms with Gasteiger partial charge in [0, 0.05) is 17.0 Å². The Bertz CT molecular complexity index is 1040. The summed E-state index contributed by atoms with van der Waals surface area (Å²) >= 11 is 1.32. The van der Waals surface area contributed by atoms with Gasteiger partial charge in [0.1, 0.15) is 5.00 Å². The van der Waals surface area contributed by atoms with E-state index in [9.17, 15) is 18.0 Å². The molecule has 3 rings (SSSR count). The number of thiophene rings is 1. The topological polar surface area (TPSA) is 92.8 Å². The van der Waals surface area contributed by atoms with Crippen molar-refractivity contribution in [2.45, 2.75) is 20.3 Å². The van der Waals surface area contributed by atoms with Gasteiger partial charge in [-0.15, -0.1) is 11.3 Å². The number of nitrogens with zero attached hydrogens (tertiary/aromatic N) is 1. The molecular formula is C18H20N2O5S2. The number of esters is 1. The maximum absolute atomic E-state index is 12.7.